The summed E-state index contributed by atoms with van der Waals surface area (Å²) in [5, 5.41) is 4.96. The van der Waals surface area contributed by atoms with Crippen LogP contribution < -0.4 is 15.5 Å². The van der Waals surface area contributed by atoms with Gasteiger partial charge in [0.2, 0.25) is 11.8 Å². The number of benzene rings is 2. The van der Waals surface area contributed by atoms with Gasteiger partial charge in [-0.25, -0.2) is 8.78 Å². The number of nitrogens with one attached hydrogen (secondary N) is 2. The quantitative estimate of drug-likeness (QED) is 0.862. The van der Waals surface area contributed by atoms with E-state index in [4.69, 9.17) is 0 Å². The molecule has 1 atom stereocenters. The van der Waals surface area contributed by atoms with Gasteiger partial charge in [0.1, 0.15) is 0 Å². The maximum Gasteiger partial charge on any atom is 0.243 e. The first-order chi connectivity index (χ1) is 12.4. The van der Waals surface area contributed by atoms with E-state index in [9.17, 15) is 18.4 Å². The van der Waals surface area contributed by atoms with Gasteiger partial charge in [0, 0.05) is 23.5 Å². The van der Waals surface area contributed by atoms with Crippen molar-refractivity contribution < 1.29 is 18.4 Å². The summed E-state index contributed by atoms with van der Waals surface area (Å²) in [5.41, 5.74) is 2.36. The van der Waals surface area contributed by atoms with Crippen LogP contribution in [0, 0.1) is 11.6 Å². The third-order valence-corrected chi connectivity index (χ3v) is 4.31. The molecule has 26 heavy (non-hydrogen) atoms. The molecule has 0 bridgehead atoms. The fraction of sp³-hybridized carbons (Fsp3) is 0.263. The third kappa shape index (κ3) is 3.99. The minimum Gasteiger partial charge on any atom is -0.359 e. The van der Waals surface area contributed by atoms with Gasteiger partial charge in [-0.2, -0.15) is 0 Å². The summed E-state index contributed by atoms with van der Waals surface area (Å²) in [6.07, 6.45) is 0.875. The molecule has 3 rings (SSSR count). The maximum atomic E-state index is 13.1. The number of anilines is 2. The second-order valence-electron chi connectivity index (χ2n) is 6.26. The molecule has 0 fully saturated rings. The lowest BCUT2D eigenvalue weighted by Gasteiger charge is -2.24. The Morgan fingerprint density at radius 3 is 2.65 bits per heavy atom. The highest BCUT2D eigenvalue weighted by molar-refractivity contribution is 5.95. The van der Waals surface area contributed by atoms with Crippen molar-refractivity contribution in [1.82, 2.24) is 5.32 Å². The van der Waals surface area contributed by atoms with Crippen LogP contribution in [0.15, 0.2) is 42.5 Å². The van der Waals surface area contributed by atoms with Crippen LogP contribution in [0.25, 0.3) is 0 Å². The van der Waals surface area contributed by atoms with Crippen molar-refractivity contribution in [3.63, 3.8) is 0 Å². The molecule has 0 saturated carbocycles. The van der Waals surface area contributed by atoms with Gasteiger partial charge in [-0.15, -0.1) is 0 Å². The Morgan fingerprint density at radius 1 is 1.12 bits per heavy atom. The molecule has 0 aromatic heterocycles. The van der Waals surface area contributed by atoms with Crippen LogP contribution in [-0.4, -0.2) is 30.9 Å². The minimum absolute atomic E-state index is 0.130. The molecule has 0 spiro atoms. The van der Waals surface area contributed by atoms with Crippen molar-refractivity contribution in [1.29, 1.82) is 0 Å². The molecule has 136 valence electrons. The summed E-state index contributed by atoms with van der Waals surface area (Å²) in [6, 6.07) is 11.2. The molecular weight excluding hydrogens is 340 g/mol. The van der Waals surface area contributed by atoms with Gasteiger partial charge in [0.05, 0.1) is 13.1 Å². The molecule has 1 heterocycles. The van der Waals surface area contributed by atoms with Crippen molar-refractivity contribution in [2.45, 2.75) is 19.4 Å². The molecule has 5 nitrogen and oxygen atoms in total. The number of carbonyl (C=O) groups is 2. The SMILES string of the molecule is CC1Cc2ccccc2N1CC(=O)NCC(=O)Nc1ccc(F)c(F)c1. The molecule has 7 heteroatoms. The van der Waals surface area contributed by atoms with E-state index in [0.29, 0.717) is 0 Å². The van der Waals surface area contributed by atoms with Crippen LogP contribution in [-0.2, 0) is 16.0 Å². The Labute approximate surface area is 150 Å². The molecular formula is C19H19F2N3O2. The molecule has 0 aliphatic carbocycles. The average Bonchev–Trinajstić information content (AvgIpc) is 2.92. The van der Waals surface area contributed by atoms with E-state index < -0.39 is 17.5 Å². The smallest absolute Gasteiger partial charge is 0.243 e. The van der Waals surface area contributed by atoms with Crippen molar-refractivity contribution in [3.8, 4) is 0 Å². The Balaban J connectivity index is 1.51. The fourth-order valence-corrected chi connectivity index (χ4v) is 3.04. The van der Waals surface area contributed by atoms with Gasteiger partial charge in [0.25, 0.3) is 0 Å². The Hall–Kier alpha value is -2.96. The highest BCUT2D eigenvalue weighted by atomic mass is 19.2. The summed E-state index contributed by atoms with van der Waals surface area (Å²) in [5.74, 6) is -2.84. The van der Waals surface area contributed by atoms with E-state index in [-0.39, 0.29) is 30.7 Å². The van der Waals surface area contributed by atoms with Crippen LogP contribution >= 0.6 is 0 Å². The van der Waals surface area contributed by atoms with Crippen molar-refractivity contribution in [2.75, 3.05) is 23.3 Å². The number of para-hydroxylation sites is 1. The molecule has 1 aliphatic rings. The predicted molar refractivity (Wildman–Crippen MR) is 95.0 cm³/mol. The van der Waals surface area contributed by atoms with Gasteiger partial charge in [-0.1, -0.05) is 18.2 Å². The normalized spacial score (nSPS) is 15.5. The van der Waals surface area contributed by atoms with E-state index in [1.165, 1.54) is 11.6 Å². The van der Waals surface area contributed by atoms with Crippen LogP contribution in [0.5, 0.6) is 0 Å². The zero-order chi connectivity index (χ0) is 18.7. The van der Waals surface area contributed by atoms with Gasteiger partial charge in [-0.3, -0.25) is 9.59 Å². The van der Waals surface area contributed by atoms with Crippen molar-refractivity contribution >= 4 is 23.2 Å². The first-order valence-electron chi connectivity index (χ1n) is 8.30. The molecule has 2 amide bonds. The number of fused-ring (bicyclic) bond motifs is 1. The third-order valence-electron chi connectivity index (χ3n) is 4.31. The van der Waals surface area contributed by atoms with Gasteiger partial charge < -0.3 is 15.5 Å². The monoisotopic (exact) mass is 359 g/mol. The minimum atomic E-state index is -1.05. The topological polar surface area (TPSA) is 61.4 Å². The summed E-state index contributed by atoms with van der Waals surface area (Å²) in [4.78, 5) is 26.0. The lowest BCUT2D eigenvalue weighted by Crippen LogP contribution is -2.42. The van der Waals surface area contributed by atoms with Crippen LogP contribution in [0.2, 0.25) is 0 Å². The number of carbonyl (C=O) groups excluding carboxylic acids is 2. The second kappa shape index (κ2) is 7.51. The van der Waals surface area contributed by atoms with Crippen LogP contribution in [0.3, 0.4) is 0 Å². The van der Waals surface area contributed by atoms with E-state index >= 15 is 0 Å². The first kappa shape index (κ1) is 17.8. The largest absolute Gasteiger partial charge is 0.359 e. The Kier molecular flexibility index (Phi) is 5.16. The lowest BCUT2D eigenvalue weighted by atomic mass is 10.1. The van der Waals surface area contributed by atoms with Crippen molar-refractivity contribution in [2.24, 2.45) is 0 Å². The molecule has 0 saturated heterocycles. The molecule has 2 aromatic rings. The number of nitrogens with zero attached hydrogens (tertiary/aromatic N) is 1. The number of rotatable bonds is 5. The molecule has 0 radical (unpaired) electrons. The molecule has 1 unspecified atom stereocenters. The standard InChI is InChI=1S/C19H19F2N3O2/c1-12-8-13-4-2-3-5-17(13)24(12)11-19(26)22-10-18(25)23-14-6-7-15(20)16(21)9-14/h2-7,9,12H,8,10-11H2,1H3,(H,22,26)(H,23,25). The maximum absolute atomic E-state index is 13.1. The Morgan fingerprint density at radius 2 is 1.88 bits per heavy atom. The van der Waals surface area contributed by atoms with E-state index in [2.05, 4.69) is 10.6 Å². The highest BCUT2D eigenvalue weighted by Gasteiger charge is 2.27. The van der Waals surface area contributed by atoms with Crippen molar-refractivity contribution in [3.05, 3.63) is 59.7 Å². The molecule has 2 N–H and O–H groups in total. The number of hydrogen-bond acceptors (Lipinski definition) is 3. The fourth-order valence-electron chi connectivity index (χ4n) is 3.04. The zero-order valence-electron chi connectivity index (χ0n) is 14.3. The van der Waals surface area contributed by atoms with Crippen LogP contribution in [0.1, 0.15) is 12.5 Å². The second-order valence-corrected chi connectivity index (χ2v) is 6.26. The summed E-state index contributed by atoms with van der Waals surface area (Å²) in [7, 11) is 0. The van der Waals surface area contributed by atoms with Crippen LogP contribution in [0.4, 0.5) is 20.2 Å². The average molecular weight is 359 g/mol. The number of hydrogen-bond donors (Lipinski definition) is 2. The summed E-state index contributed by atoms with van der Waals surface area (Å²) in [6.45, 7) is 1.95. The summed E-state index contributed by atoms with van der Waals surface area (Å²) < 4.78 is 26.0. The van der Waals surface area contributed by atoms with Gasteiger partial charge in [-0.05, 0) is 37.1 Å². The molecule has 1 aliphatic heterocycles. The predicted octanol–water partition coefficient (Wildman–Crippen LogP) is 2.47. The molecule has 2 aromatic carbocycles. The lowest BCUT2D eigenvalue weighted by molar-refractivity contribution is -0.123. The number of amides is 2. The number of halogens is 2. The highest BCUT2D eigenvalue weighted by Crippen LogP contribution is 2.31. The Bertz CT molecular complexity index is 841. The van der Waals surface area contributed by atoms with Gasteiger partial charge >= 0.3 is 0 Å². The van der Waals surface area contributed by atoms with E-state index in [1.807, 2.05) is 36.1 Å². The summed E-state index contributed by atoms with van der Waals surface area (Å²) >= 11 is 0. The van der Waals surface area contributed by atoms with E-state index in [1.54, 1.807) is 0 Å². The van der Waals surface area contributed by atoms with E-state index in [0.717, 1.165) is 24.2 Å². The van der Waals surface area contributed by atoms with Gasteiger partial charge in [0.15, 0.2) is 11.6 Å². The first-order valence-corrected chi connectivity index (χ1v) is 8.30. The zero-order valence-corrected chi connectivity index (χ0v) is 14.3.